The fraction of sp³-hybridized carbons (Fsp3) is 0.200. The quantitative estimate of drug-likeness (QED) is 0.625. The number of hydrogen-bond donors (Lipinski definition) is 0. The van der Waals surface area contributed by atoms with Gasteiger partial charge in [-0.1, -0.05) is 44.0 Å². The first kappa shape index (κ1) is 13.6. The monoisotopic (exact) mass is 368 g/mol. The zero-order chi connectivity index (χ0) is 13.1. The van der Waals surface area contributed by atoms with E-state index in [4.69, 9.17) is 4.74 Å². The highest BCUT2D eigenvalue weighted by Crippen LogP contribution is 2.29. The maximum Gasteiger partial charge on any atom is 0.128 e. The fourth-order valence-corrected chi connectivity index (χ4v) is 2.98. The van der Waals surface area contributed by atoms with E-state index >= 15 is 0 Å². The highest BCUT2D eigenvalue weighted by molar-refractivity contribution is 9.10. The minimum absolute atomic E-state index is 0.831. The Hall–Kier alpha value is -0.800. The summed E-state index contributed by atoms with van der Waals surface area (Å²) in [6.07, 6.45) is 0. The number of hydrogen-bond acceptors (Lipinski definition) is 1. The van der Waals surface area contributed by atoms with Crippen LogP contribution in [0.4, 0.5) is 0 Å². The largest absolute Gasteiger partial charge is 0.457 e. The molecule has 0 aliphatic rings. The molecule has 0 fully saturated rings. The van der Waals surface area contributed by atoms with Crippen molar-refractivity contribution < 1.29 is 4.74 Å². The normalized spacial score (nSPS) is 10.4. The SMILES string of the molecule is Cc1ccc(Oc2ccc(CBr)c(Br)c2)cc1C. The summed E-state index contributed by atoms with van der Waals surface area (Å²) >= 11 is 6.98. The Morgan fingerprint density at radius 2 is 1.61 bits per heavy atom. The molecule has 0 atom stereocenters. The zero-order valence-electron chi connectivity index (χ0n) is 10.3. The standard InChI is InChI=1S/C15H14Br2O/c1-10-3-5-13(7-11(10)2)18-14-6-4-12(9-16)15(17)8-14/h3-8H,9H2,1-2H3. The second-order valence-electron chi connectivity index (χ2n) is 4.23. The summed E-state index contributed by atoms with van der Waals surface area (Å²) in [6.45, 7) is 4.19. The lowest BCUT2D eigenvalue weighted by molar-refractivity contribution is 0.481. The van der Waals surface area contributed by atoms with Crippen LogP contribution in [0.5, 0.6) is 11.5 Å². The van der Waals surface area contributed by atoms with Gasteiger partial charge in [0.1, 0.15) is 11.5 Å². The maximum absolute atomic E-state index is 5.85. The lowest BCUT2D eigenvalue weighted by Gasteiger charge is -2.09. The first-order chi connectivity index (χ1) is 8.60. The van der Waals surface area contributed by atoms with E-state index in [1.54, 1.807) is 0 Å². The molecule has 18 heavy (non-hydrogen) atoms. The molecule has 2 rings (SSSR count). The molecule has 0 unspecified atom stereocenters. The number of rotatable bonds is 3. The second-order valence-corrected chi connectivity index (χ2v) is 5.65. The molecule has 2 aromatic rings. The van der Waals surface area contributed by atoms with Gasteiger partial charge in [-0.15, -0.1) is 0 Å². The van der Waals surface area contributed by atoms with Crippen LogP contribution in [0.3, 0.4) is 0 Å². The summed E-state index contributed by atoms with van der Waals surface area (Å²) in [5.41, 5.74) is 3.73. The van der Waals surface area contributed by atoms with Crippen LogP contribution in [0.15, 0.2) is 40.9 Å². The van der Waals surface area contributed by atoms with Crippen LogP contribution in [0, 0.1) is 13.8 Å². The van der Waals surface area contributed by atoms with Crippen LogP contribution in [-0.4, -0.2) is 0 Å². The molecule has 0 aromatic heterocycles. The summed E-state index contributed by atoms with van der Waals surface area (Å²) in [5, 5.41) is 0.831. The van der Waals surface area contributed by atoms with Gasteiger partial charge < -0.3 is 4.74 Å². The molecule has 94 valence electrons. The van der Waals surface area contributed by atoms with Gasteiger partial charge in [-0.25, -0.2) is 0 Å². The number of alkyl halides is 1. The molecule has 0 radical (unpaired) electrons. The molecule has 0 amide bonds. The molecule has 0 saturated carbocycles. The number of halogens is 2. The summed E-state index contributed by atoms with van der Waals surface area (Å²) in [7, 11) is 0. The molecule has 0 bridgehead atoms. The minimum atomic E-state index is 0.831. The third-order valence-electron chi connectivity index (χ3n) is 2.88. The van der Waals surface area contributed by atoms with Crippen molar-refractivity contribution in [2.24, 2.45) is 0 Å². The van der Waals surface area contributed by atoms with E-state index < -0.39 is 0 Å². The lowest BCUT2D eigenvalue weighted by atomic mass is 10.1. The van der Waals surface area contributed by atoms with Crippen molar-refractivity contribution in [2.75, 3.05) is 0 Å². The Labute approximate surface area is 124 Å². The van der Waals surface area contributed by atoms with Crippen molar-refractivity contribution in [3.63, 3.8) is 0 Å². The third kappa shape index (κ3) is 3.15. The summed E-state index contributed by atoms with van der Waals surface area (Å²) in [6, 6.07) is 12.2. The van der Waals surface area contributed by atoms with Gasteiger partial charge in [-0.2, -0.15) is 0 Å². The van der Waals surface area contributed by atoms with Gasteiger partial charge in [0.25, 0.3) is 0 Å². The maximum atomic E-state index is 5.85. The molecule has 0 saturated heterocycles. The van der Waals surface area contributed by atoms with Crippen LogP contribution in [-0.2, 0) is 5.33 Å². The van der Waals surface area contributed by atoms with Crippen molar-refractivity contribution in [3.05, 3.63) is 57.6 Å². The van der Waals surface area contributed by atoms with Gasteiger partial charge in [0.05, 0.1) is 0 Å². The molecule has 2 aromatic carbocycles. The van der Waals surface area contributed by atoms with Gasteiger partial charge in [-0.3, -0.25) is 0 Å². The van der Waals surface area contributed by atoms with E-state index in [-0.39, 0.29) is 0 Å². The van der Waals surface area contributed by atoms with Crippen molar-refractivity contribution in [3.8, 4) is 11.5 Å². The molecule has 0 aliphatic carbocycles. The Morgan fingerprint density at radius 1 is 0.944 bits per heavy atom. The van der Waals surface area contributed by atoms with E-state index in [2.05, 4.69) is 63.9 Å². The molecule has 0 heterocycles. The Morgan fingerprint density at radius 3 is 2.22 bits per heavy atom. The highest BCUT2D eigenvalue weighted by Gasteiger charge is 2.03. The summed E-state index contributed by atoms with van der Waals surface area (Å²) < 4.78 is 6.91. The average molecular weight is 370 g/mol. The predicted octanol–water partition coefficient (Wildman–Crippen LogP) is 5.75. The van der Waals surface area contributed by atoms with Crippen LogP contribution < -0.4 is 4.74 Å². The van der Waals surface area contributed by atoms with Gasteiger partial charge in [0.15, 0.2) is 0 Å². The zero-order valence-corrected chi connectivity index (χ0v) is 13.5. The first-order valence-corrected chi connectivity index (χ1v) is 7.61. The molecular weight excluding hydrogens is 356 g/mol. The van der Waals surface area contributed by atoms with Crippen LogP contribution in [0.25, 0.3) is 0 Å². The fourth-order valence-electron chi connectivity index (χ4n) is 1.61. The summed E-state index contributed by atoms with van der Waals surface area (Å²) in [5.74, 6) is 1.71. The molecule has 0 spiro atoms. The molecule has 0 aliphatic heterocycles. The van der Waals surface area contributed by atoms with Crippen molar-refractivity contribution >= 4 is 31.9 Å². The number of ether oxygens (including phenoxy) is 1. The topological polar surface area (TPSA) is 9.23 Å². The Kier molecular flexibility index (Phi) is 4.46. The van der Waals surface area contributed by atoms with E-state index in [0.717, 1.165) is 21.3 Å². The third-order valence-corrected chi connectivity index (χ3v) is 4.22. The van der Waals surface area contributed by atoms with Crippen LogP contribution in [0.1, 0.15) is 16.7 Å². The van der Waals surface area contributed by atoms with Crippen molar-refractivity contribution in [2.45, 2.75) is 19.2 Å². The van der Waals surface area contributed by atoms with E-state index in [1.165, 1.54) is 16.7 Å². The van der Waals surface area contributed by atoms with E-state index in [1.807, 2.05) is 18.2 Å². The molecule has 0 N–H and O–H groups in total. The van der Waals surface area contributed by atoms with Crippen LogP contribution in [0.2, 0.25) is 0 Å². The van der Waals surface area contributed by atoms with Gasteiger partial charge >= 0.3 is 0 Å². The van der Waals surface area contributed by atoms with Crippen molar-refractivity contribution in [1.82, 2.24) is 0 Å². The molecular formula is C15H14Br2O. The van der Waals surface area contributed by atoms with Gasteiger partial charge in [0.2, 0.25) is 0 Å². The molecule has 3 heteroatoms. The van der Waals surface area contributed by atoms with Crippen LogP contribution >= 0.6 is 31.9 Å². The average Bonchev–Trinajstić information content (AvgIpc) is 2.34. The van der Waals surface area contributed by atoms with Crippen molar-refractivity contribution in [1.29, 1.82) is 0 Å². The Bertz CT molecular complexity index is 564. The highest BCUT2D eigenvalue weighted by atomic mass is 79.9. The Balaban J connectivity index is 2.23. The first-order valence-electron chi connectivity index (χ1n) is 5.69. The number of aryl methyl sites for hydroxylation is 2. The van der Waals surface area contributed by atoms with E-state index in [9.17, 15) is 0 Å². The van der Waals surface area contributed by atoms with Gasteiger partial charge in [0, 0.05) is 9.80 Å². The number of benzene rings is 2. The smallest absolute Gasteiger partial charge is 0.128 e. The predicted molar refractivity (Wildman–Crippen MR) is 82.8 cm³/mol. The van der Waals surface area contributed by atoms with Gasteiger partial charge in [-0.05, 0) is 54.8 Å². The lowest BCUT2D eigenvalue weighted by Crippen LogP contribution is -1.88. The molecule has 1 nitrogen and oxygen atoms in total. The van der Waals surface area contributed by atoms with E-state index in [0.29, 0.717) is 0 Å². The minimum Gasteiger partial charge on any atom is -0.457 e. The summed E-state index contributed by atoms with van der Waals surface area (Å²) in [4.78, 5) is 0. The second kappa shape index (κ2) is 5.89.